The molecule has 152 valence electrons. The number of aromatic nitrogens is 2. The van der Waals surface area contributed by atoms with Gasteiger partial charge in [0.05, 0.1) is 11.9 Å². The van der Waals surface area contributed by atoms with E-state index in [0.29, 0.717) is 18.0 Å². The third-order valence-electron chi connectivity index (χ3n) is 5.19. The summed E-state index contributed by atoms with van der Waals surface area (Å²) in [5, 5.41) is 11.8. The van der Waals surface area contributed by atoms with E-state index in [1.165, 1.54) is 6.07 Å². The average Bonchev–Trinajstić information content (AvgIpc) is 2.74. The van der Waals surface area contributed by atoms with E-state index in [-0.39, 0.29) is 11.6 Å². The van der Waals surface area contributed by atoms with Crippen molar-refractivity contribution in [1.82, 2.24) is 14.9 Å². The maximum atomic E-state index is 12.0. The highest BCUT2D eigenvalue weighted by Gasteiger charge is 2.27. The highest BCUT2D eigenvalue weighted by Crippen LogP contribution is 2.29. The van der Waals surface area contributed by atoms with Crippen LogP contribution in [0.3, 0.4) is 0 Å². The lowest BCUT2D eigenvalue weighted by Gasteiger charge is -2.36. The van der Waals surface area contributed by atoms with Crippen molar-refractivity contribution >= 4 is 23.3 Å². The fraction of sp³-hybridized carbons (Fsp3) is 0.400. The number of nitrogens with zero attached hydrogens (tertiary/aromatic N) is 4. The van der Waals surface area contributed by atoms with Crippen LogP contribution in [0.15, 0.2) is 30.6 Å². The Morgan fingerprint density at radius 3 is 2.69 bits per heavy atom. The Balaban J connectivity index is 1.35. The molecule has 2 aromatic rings. The molecule has 0 radical (unpaired) electrons. The average molecular weight is 397 g/mol. The molecule has 1 unspecified atom stereocenters. The molecule has 0 aliphatic carbocycles. The van der Waals surface area contributed by atoms with Gasteiger partial charge in [0.1, 0.15) is 11.4 Å². The van der Waals surface area contributed by atoms with Gasteiger partial charge in [-0.15, -0.1) is 0 Å². The van der Waals surface area contributed by atoms with E-state index in [4.69, 9.17) is 9.84 Å². The molecule has 2 aliphatic rings. The van der Waals surface area contributed by atoms with Crippen LogP contribution >= 0.6 is 0 Å². The first-order chi connectivity index (χ1) is 14.0. The molecule has 0 spiro atoms. The van der Waals surface area contributed by atoms with Crippen molar-refractivity contribution in [3.63, 3.8) is 0 Å². The highest BCUT2D eigenvalue weighted by molar-refractivity contribution is 5.97. The Bertz CT molecular complexity index is 910. The number of fused-ring (bicyclic) bond motifs is 1. The minimum Gasteiger partial charge on any atom is -0.477 e. The minimum absolute atomic E-state index is 0.0497. The van der Waals surface area contributed by atoms with Gasteiger partial charge in [-0.25, -0.2) is 14.8 Å². The van der Waals surface area contributed by atoms with Gasteiger partial charge >= 0.3 is 5.97 Å². The number of pyridine rings is 2. The van der Waals surface area contributed by atoms with Crippen LogP contribution in [-0.2, 0) is 11.3 Å². The second-order valence-electron chi connectivity index (χ2n) is 7.17. The van der Waals surface area contributed by atoms with Crippen molar-refractivity contribution < 1.29 is 19.4 Å². The molecular formula is C20H23N5O4. The van der Waals surface area contributed by atoms with Gasteiger partial charge in [-0.1, -0.05) is 6.92 Å². The summed E-state index contributed by atoms with van der Waals surface area (Å²) in [4.78, 5) is 35.8. The van der Waals surface area contributed by atoms with Gasteiger partial charge in [0.2, 0.25) is 5.88 Å². The van der Waals surface area contributed by atoms with Crippen LogP contribution in [0.2, 0.25) is 0 Å². The van der Waals surface area contributed by atoms with E-state index in [0.717, 1.165) is 44.0 Å². The van der Waals surface area contributed by atoms with Crippen LogP contribution < -0.4 is 15.0 Å². The van der Waals surface area contributed by atoms with Gasteiger partial charge < -0.3 is 20.1 Å². The largest absolute Gasteiger partial charge is 0.477 e. The number of ether oxygens (including phenoxy) is 1. The zero-order valence-corrected chi connectivity index (χ0v) is 16.2. The number of carbonyl (C=O) groups is 2. The Labute approximate surface area is 168 Å². The molecule has 1 amide bonds. The van der Waals surface area contributed by atoms with Crippen molar-refractivity contribution in [2.45, 2.75) is 26.0 Å². The molecule has 0 saturated carbocycles. The van der Waals surface area contributed by atoms with Crippen LogP contribution in [-0.4, -0.2) is 64.1 Å². The molecule has 0 aromatic carbocycles. The zero-order chi connectivity index (χ0) is 20.4. The van der Waals surface area contributed by atoms with Crippen LogP contribution in [0.4, 0.5) is 11.4 Å². The van der Waals surface area contributed by atoms with Crippen molar-refractivity contribution in [3.05, 3.63) is 41.9 Å². The fourth-order valence-electron chi connectivity index (χ4n) is 3.56. The van der Waals surface area contributed by atoms with E-state index < -0.39 is 12.1 Å². The van der Waals surface area contributed by atoms with Gasteiger partial charge in [0, 0.05) is 38.9 Å². The molecule has 2 aliphatic heterocycles. The summed E-state index contributed by atoms with van der Waals surface area (Å²) in [5.74, 6) is -0.677. The lowest BCUT2D eigenvalue weighted by molar-refractivity contribution is -0.123. The Morgan fingerprint density at radius 1 is 1.24 bits per heavy atom. The second-order valence-corrected chi connectivity index (χ2v) is 7.17. The first kappa shape index (κ1) is 19.1. The molecule has 4 heterocycles. The number of carboxylic acid groups (broad SMARTS) is 1. The lowest BCUT2D eigenvalue weighted by Crippen LogP contribution is -2.46. The van der Waals surface area contributed by atoms with E-state index in [1.54, 1.807) is 18.5 Å². The van der Waals surface area contributed by atoms with Crippen LogP contribution in [0.1, 0.15) is 29.4 Å². The van der Waals surface area contributed by atoms with Gasteiger partial charge in [0.25, 0.3) is 5.91 Å². The molecule has 2 N–H and O–H groups in total. The van der Waals surface area contributed by atoms with Crippen LogP contribution in [0.5, 0.6) is 5.88 Å². The fourth-order valence-corrected chi connectivity index (χ4v) is 3.56. The summed E-state index contributed by atoms with van der Waals surface area (Å²) in [7, 11) is 0. The number of anilines is 2. The maximum absolute atomic E-state index is 12.0. The molecule has 9 nitrogen and oxygen atoms in total. The molecule has 4 rings (SSSR count). The number of hydrogen-bond acceptors (Lipinski definition) is 7. The van der Waals surface area contributed by atoms with Gasteiger partial charge in [-0.3, -0.25) is 9.69 Å². The van der Waals surface area contributed by atoms with Crippen molar-refractivity contribution in [3.8, 4) is 5.88 Å². The number of carbonyl (C=O) groups excluding carboxylic acids is 1. The molecule has 1 fully saturated rings. The summed E-state index contributed by atoms with van der Waals surface area (Å²) in [6.07, 6.45) is 3.53. The standard InChI is InChI=1S/C20H23N5O4/c1-2-17-18(26)23-16-9-13(10-22-19(16)29-17)12-24-5-7-25(8-6-24)14-3-4-15(20(27)28)21-11-14/h3-4,9-11,17H,2,5-8,12H2,1H3,(H,23,26)(H,27,28). The summed E-state index contributed by atoms with van der Waals surface area (Å²) in [5.41, 5.74) is 2.62. The predicted octanol–water partition coefficient (Wildman–Crippen LogP) is 1.61. The summed E-state index contributed by atoms with van der Waals surface area (Å²) >= 11 is 0. The van der Waals surface area contributed by atoms with E-state index >= 15 is 0 Å². The molecule has 9 heteroatoms. The molecule has 29 heavy (non-hydrogen) atoms. The van der Waals surface area contributed by atoms with Crippen LogP contribution in [0.25, 0.3) is 0 Å². The van der Waals surface area contributed by atoms with E-state index in [1.807, 2.05) is 13.0 Å². The number of hydrogen-bond donors (Lipinski definition) is 2. The summed E-state index contributed by atoms with van der Waals surface area (Å²) in [6, 6.07) is 5.25. The van der Waals surface area contributed by atoms with Crippen molar-refractivity contribution in [1.29, 1.82) is 0 Å². The molecule has 2 aromatic heterocycles. The third kappa shape index (κ3) is 4.14. The Hall–Kier alpha value is -3.20. The Kier molecular flexibility index (Phi) is 5.30. The van der Waals surface area contributed by atoms with E-state index in [2.05, 4.69) is 25.1 Å². The highest BCUT2D eigenvalue weighted by atomic mass is 16.5. The quantitative estimate of drug-likeness (QED) is 0.783. The monoisotopic (exact) mass is 397 g/mol. The molecular weight excluding hydrogens is 374 g/mol. The summed E-state index contributed by atoms with van der Waals surface area (Å²) < 4.78 is 5.64. The molecule has 1 atom stereocenters. The minimum atomic E-state index is -1.02. The topological polar surface area (TPSA) is 108 Å². The van der Waals surface area contributed by atoms with Gasteiger partial charge in [-0.05, 0) is 30.2 Å². The number of piperazine rings is 1. The molecule has 1 saturated heterocycles. The number of amides is 1. The number of rotatable bonds is 5. The maximum Gasteiger partial charge on any atom is 0.354 e. The van der Waals surface area contributed by atoms with Gasteiger partial charge in [-0.2, -0.15) is 0 Å². The SMILES string of the molecule is CCC1Oc2ncc(CN3CCN(c4ccc(C(=O)O)nc4)CC3)cc2NC1=O. The van der Waals surface area contributed by atoms with Gasteiger partial charge in [0.15, 0.2) is 6.10 Å². The number of nitrogens with one attached hydrogen (secondary N) is 1. The molecule has 0 bridgehead atoms. The summed E-state index contributed by atoms with van der Waals surface area (Å²) in [6.45, 7) is 6.00. The Morgan fingerprint density at radius 2 is 2.03 bits per heavy atom. The smallest absolute Gasteiger partial charge is 0.354 e. The lowest BCUT2D eigenvalue weighted by atomic mass is 10.1. The number of aromatic carboxylic acids is 1. The van der Waals surface area contributed by atoms with Crippen LogP contribution in [0, 0.1) is 0 Å². The number of carboxylic acids is 1. The normalized spacial score (nSPS) is 19.3. The predicted molar refractivity (Wildman–Crippen MR) is 106 cm³/mol. The third-order valence-corrected chi connectivity index (χ3v) is 5.19. The first-order valence-electron chi connectivity index (χ1n) is 9.66. The zero-order valence-electron chi connectivity index (χ0n) is 16.2. The first-order valence-corrected chi connectivity index (χ1v) is 9.66. The van der Waals surface area contributed by atoms with E-state index in [9.17, 15) is 9.59 Å². The van der Waals surface area contributed by atoms with Crippen molar-refractivity contribution in [2.75, 3.05) is 36.4 Å². The van der Waals surface area contributed by atoms with Crippen molar-refractivity contribution in [2.24, 2.45) is 0 Å². The second kappa shape index (κ2) is 8.04.